The summed E-state index contributed by atoms with van der Waals surface area (Å²) in [4.78, 5) is 0. The lowest BCUT2D eigenvalue weighted by Crippen LogP contribution is -1.87. The van der Waals surface area contributed by atoms with Crippen LogP contribution in [0.4, 0.5) is 0 Å². The molecule has 0 amide bonds. The van der Waals surface area contributed by atoms with Crippen LogP contribution in [0.5, 0.6) is 0 Å². The molecule has 1 heteroatoms. The van der Waals surface area contributed by atoms with Gasteiger partial charge in [-0.15, -0.1) is 0 Å². The molecule has 0 saturated carbocycles. The second kappa shape index (κ2) is 3.28. The molecule has 0 saturated heterocycles. The van der Waals surface area contributed by atoms with Gasteiger partial charge in [0.1, 0.15) is 0 Å². The van der Waals surface area contributed by atoms with Gasteiger partial charge in [0.15, 0.2) is 0 Å². The Morgan fingerprint density at radius 2 is 2.20 bits per heavy atom. The van der Waals surface area contributed by atoms with Crippen molar-refractivity contribution < 1.29 is 0 Å². The predicted molar refractivity (Wildman–Crippen MR) is 56.7 cm³/mol. The van der Waals surface area contributed by atoms with Crippen molar-refractivity contribution in [2.45, 2.75) is 13.8 Å². The fraction of sp³-hybridized carbons (Fsp3) is 0.222. The van der Waals surface area contributed by atoms with Crippen LogP contribution >= 0.6 is 20.7 Å². The number of rotatable bonds is 1. The van der Waals surface area contributed by atoms with Crippen LogP contribution in [0.15, 0.2) is 33.5 Å². The van der Waals surface area contributed by atoms with Crippen LogP contribution in [0.25, 0.3) is 0 Å². The highest BCUT2D eigenvalue weighted by atomic mass is 127. The van der Waals surface area contributed by atoms with E-state index >= 15 is 0 Å². The first kappa shape index (κ1) is 7.92. The molecule has 0 radical (unpaired) electrons. The van der Waals surface area contributed by atoms with E-state index in [9.17, 15) is 0 Å². The summed E-state index contributed by atoms with van der Waals surface area (Å²) in [5.41, 5.74) is 2.73. The summed E-state index contributed by atoms with van der Waals surface area (Å²) in [6, 6.07) is 0. The second-order valence-electron chi connectivity index (χ2n) is 2.24. The molecule has 0 unspecified atom stereocenters. The minimum Gasteiger partial charge on any atom is -0.0984 e. The van der Waals surface area contributed by atoms with Crippen molar-refractivity contribution in [3.05, 3.63) is 33.5 Å². The number of halogens is 1. The van der Waals surface area contributed by atoms with Gasteiger partial charge in [0, 0.05) is 0 Å². The smallest absolute Gasteiger partial charge is 0.0103 e. The van der Waals surface area contributed by atoms with Crippen molar-refractivity contribution >= 4 is 24.7 Å². The third kappa shape index (κ3) is 1.45. The Morgan fingerprint density at radius 1 is 1.50 bits per heavy atom. The summed E-state index contributed by atoms with van der Waals surface area (Å²) in [5.74, 6) is 0. The Balaban J connectivity index is 3.13. The molecule has 0 spiro atoms. The summed E-state index contributed by atoms with van der Waals surface area (Å²) in [7, 11) is 0. The first-order valence-corrected chi connectivity index (χ1v) is 5.55. The van der Waals surface area contributed by atoms with Crippen molar-refractivity contribution in [3.8, 4) is 0 Å². The van der Waals surface area contributed by atoms with E-state index in [2.05, 4.69) is 30.5 Å². The lowest BCUT2D eigenvalue weighted by Gasteiger charge is -2.07. The fourth-order valence-corrected chi connectivity index (χ4v) is 3.18. The normalized spacial score (nSPS) is 18.0. The standard InChI is InChI=1S/C9H11I/c1-4-9-7(2)5-6-10-8(9)3/h4-6H,1H2,2-3H3. The summed E-state index contributed by atoms with van der Waals surface area (Å²) in [6.07, 6.45) is 4.17. The highest BCUT2D eigenvalue weighted by Crippen LogP contribution is 2.27. The molecule has 1 heterocycles. The van der Waals surface area contributed by atoms with E-state index in [0.717, 1.165) is 0 Å². The molecule has 0 aromatic rings. The van der Waals surface area contributed by atoms with Gasteiger partial charge in [0.25, 0.3) is 0 Å². The summed E-state index contributed by atoms with van der Waals surface area (Å²) in [5, 5.41) is 0. The molecule has 10 heavy (non-hydrogen) atoms. The zero-order chi connectivity index (χ0) is 7.56. The molecule has 0 N–H and O–H groups in total. The third-order valence-electron chi connectivity index (χ3n) is 1.54. The van der Waals surface area contributed by atoms with E-state index < -0.39 is 0 Å². The fourth-order valence-electron chi connectivity index (χ4n) is 0.942. The van der Waals surface area contributed by atoms with Gasteiger partial charge in [-0.2, -0.15) is 0 Å². The van der Waals surface area contributed by atoms with Crippen molar-refractivity contribution in [2.75, 3.05) is 0 Å². The van der Waals surface area contributed by atoms with E-state index in [-0.39, 0.29) is 20.7 Å². The van der Waals surface area contributed by atoms with Gasteiger partial charge in [0.2, 0.25) is 0 Å². The highest BCUT2D eigenvalue weighted by molar-refractivity contribution is 14.2. The predicted octanol–water partition coefficient (Wildman–Crippen LogP) is 3.18. The van der Waals surface area contributed by atoms with Crippen molar-refractivity contribution in [1.82, 2.24) is 0 Å². The van der Waals surface area contributed by atoms with Crippen LogP contribution in [-0.2, 0) is 0 Å². The van der Waals surface area contributed by atoms with Crippen LogP contribution in [0.2, 0.25) is 0 Å². The Morgan fingerprint density at radius 3 is 2.60 bits per heavy atom. The molecule has 0 nitrogen and oxygen atoms in total. The van der Waals surface area contributed by atoms with Crippen LogP contribution in [0, 0.1) is 0 Å². The Bertz CT molecular complexity index is 241. The van der Waals surface area contributed by atoms with Gasteiger partial charge in [-0.05, 0) is 32.6 Å². The molecule has 0 fully saturated rings. The van der Waals surface area contributed by atoms with E-state index in [4.69, 9.17) is 0 Å². The second-order valence-corrected chi connectivity index (χ2v) is 5.20. The van der Waals surface area contributed by atoms with Crippen molar-refractivity contribution in [3.63, 3.8) is 0 Å². The number of allylic oxidation sites excluding steroid dienone is 5. The molecule has 1 aliphatic rings. The summed E-state index contributed by atoms with van der Waals surface area (Å²) in [6.45, 7) is 8.13. The molecule has 0 aliphatic carbocycles. The van der Waals surface area contributed by atoms with Crippen molar-refractivity contribution in [1.29, 1.82) is 0 Å². The molecule has 1 aliphatic heterocycles. The largest absolute Gasteiger partial charge is 0.0984 e. The first-order chi connectivity index (χ1) is 4.75. The average Bonchev–Trinajstić information content (AvgIpc) is 1.88. The van der Waals surface area contributed by atoms with E-state index in [1.165, 1.54) is 14.7 Å². The van der Waals surface area contributed by atoms with E-state index in [1.807, 2.05) is 6.08 Å². The lowest BCUT2D eigenvalue weighted by molar-refractivity contribution is 1.41. The Kier molecular flexibility index (Phi) is 2.60. The maximum Gasteiger partial charge on any atom is -0.0103 e. The lowest BCUT2D eigenvalue weighted by atomic mass is 10.1. The van der Waals surface area contributed by atoms with Gasteiger partial charge in [-0.25, -0.2) is 0 Å². The maximum atomic E-state index is 3.79. The maximum absolute atomic E-state index is 3.79. The van der Waals surface area contributed by atoms with Gasteiger partial charge in [-0.3, -0.25) is 0 Å². The summed E-state index contributed by atoms with van der Waals surface area (Å²) >= 11 is 0.185. The topological polar surface area (TPSA) is 0 Å². The minimum atomic E-state index is 0.185. The van der Waals surface area contributed by atoms with Crippen molar-refractivity contribution in [2.24, 2.45) is 0 Å². The molecule has 0 aromatic carbocycles. The first-order valence-electron chi connectivity index (χ1n) is 3.23. The van der Waals surface area contributed by atoms with E-state index in [1.54, 1.807) is 0 Å². The molecule has 1 rings (SSSR count). The monoisotopic (exact) mass is 246 g/mol. The Hall–Kier alpha value is -0.180. The zero-order valence-corrected chi connectivity index (χ0v) is 8.47. The van der Waals surface area contributed by atoms with Gasteiger partial charge < -0.3 is 0 Å². The molecule has 0 bridgehead atoms. The average molecular weight is 246 g/mol. The zero-order valence-electron chi connectivity index (χ0n) is 6.32. The SMILES string of the molecule is C=CC1=C(C)I=CC=C1C. The highest BCUT2D eigenvalue weighted by Gasteiger charge is 2.01. The van der Waals surface area contributed by atoms with Gasteiger partial charge >= 0.3 is 0 Å². The van der Waals surface area contributed by atoms with Crippen LogP contribution in [-0.4, -0.2) is 4.01 Å². The Labute approximate surface area is 72.1 Å². The van der Waals surface area contributed by atoms with Gasteiger partial charge in [-0.1, -0.05) is 39.5 Å². The number of hydrogen-bond donors (Lipinski definition) is 0. The van der Waals surface area contributed by atoms with Crippen LogP contribution in [0.3, 0.4) is 0 Å². The van der Waals surface area contributed by atoms with Gasteiger partial charge in [0.05, 0.1) is 0 Å². The molecular formula is C9H11I. The summed E-state index contributed by atoms with van der Waals surface area (Å²) < 4.78 is 3.84. The molecule has 0 aromatic heterocycles. The van der Waals surface area contributed by atoms with Crippen LogP contribution in [0.1, 0.15) is 13.8 Å². The molecule has 0 atom stereocenters. The molecular weight excluding hydrogens is 235 g/mol. The number of hydrogen-bond acceptors (Lipinski definition) is 0. The third-order valence-corrected chi connectivity index (χ3v) is 3.77. The van der Waals surface area contributed by atoms with Crippen LogP contribution < -0.4 is 0 Å². The minimum absolute atomic E-state index is 0.185. The molecule has 54 valence electrons. The quantitative estimate of drug-likeness (QED) is 0.623. The van der Waals surface area contributed by atoms with E-state index in [0.29, 0.717) is 0 Å².